The van der Waals surface area contributed by atoms with E-state index in [1.165, 1.54) is 0 Å². The molecule has 0 saturated carbocycles. The van der Waals surface area contributed by atoms with Gasteiger partial charge in [-0.05, 0) is 19.3 Å². The summed E-state index contributed by atoms with van der Waals surface area (Å²) in [5, 5.41) is 0. The third-order valence-electron chi connectivity index (χ3n) is 1.41. The summed E-state index contributed by atoms with van der Waals surface area (Å²) in [6, 6.07) is 0. The summed E-state index contributed by atoms with van der Waals surface area (Å²) < 4.78 is 4.75. The fourth-order valence-electron chi connectivity index (χ4n) is 0.675. The lowest BCUT2D eigenvalue weighted by Crippen LogP contribution is -2.06. The van der Waals surface area contributed by atoms with E-state index in [2.05, 4.69) is 0 Å². The monoisotopic (exact) mass is 178 g/mol. The molecule has 0 aliphatic carbocycles. The largest absolute Gasteiger partial charge is 0.466 e. The van der Waals surface area contributed by atoms with Crippen molar-refractivity contribution in [1.29, 1.82) is 0 Å². The van der Waals surface area contributed by atoms with E-state index in [1.54, 1.807) is 0 Å². The minimum atomic E-state index is -0.121. The second-order valence-corrected chi connectivity index (χ2v) is 2.91. The summed E-state index contributed by atoms with van der Waals surface area (Å²) in [5.74, 6) is 0.893. The van der Waals surface area contributed by atoms with Crippen molar-refractivity contribution in [3.8, 4) is 0 Å². The van der Waals surface area contributed by atoms with Gasteiger partial charge in [-0.15, -0.1) is 11.6 Å². The van der Waals surface area contributed by atoms with Crippen molar-refractivity contribution in [2.75, 3.05) is 12.5 Å². The predicted molar refractivity (Wildman–Crippen MR) is 45.8 cm³/mol. The van der Waals surface area contributed by atoms with E-state index in [9.17, 15) is 4.79 Å². The summed E-state index contributed by atoms with van der Waals surface area (Å²) in [6.45, 7) is 4.29. The molecule has 3 heteroatoms. The maximum Gasteiger partial charge on any atom is 0.305 e. The van der Waals surface area contributed by atoms with Gasteiger partial charge in [0.1, 0.15) is 0 Å². The molecule has 0 N–H and O–H groups in total. The van der Waals surface area contributed by atoms with Gasteiger partial charge in [-0.3, -0.25) is 4.79 Å². The number of rotatable bonds is 5. The lowest BCUT2D eigenvalue weighted by Gasteiger charge is -2.05. The Balaban J connectivity index is 3.30. The molecular formula is C8H15ClO2. The van der Waals surface area contributed by atoms with Crippen LogP contribution in [0.1, 0.15) is 26.7 Å². The number of halogens is 1. The standard InChI is InChI=1S/C8H15ClO2/c1-3-11-8(10)5-4-7(2)6-9/h7H,3-6H2,1-2H3. The van der Waals surface area contributed by atoms with Crippen LogP contribution in [0, 0.1) is 5.92 Å². The van der Waals surface area contributed by atoms with E-state index >= 15 is 0 Å². The number of hydrogen-bond acceptors (Lipinski definition) is 2. The van der Waals surface area contributed by atoms with Crippen molar-refractivity contribution in [1.82, 2.24) is 0 Å². The Morgan fingerprint density at radius 3 is 2.73 bits per heavy atom. The molecule has 11 heavy (non-hydrogen) atoms. The number of carbonyl (C=O) groups excluding carboxylic acids is 1. The highest BCUT2D eigenvalue weighted by atomic mass is 35.5. The van der Waals surface area contributed by atoms with Crippen LogP contribution in [0.25, 0.3) is 0 Å². The van der Waals surface area contributed by atoms with E-state index in [0.29, 0.717) is 24.8 Å². The first-order valence-corrected chi connectivity index (χ1v) is 4.45. The van der Waals surface area contributed by atoms with E-state index in [-0.39, 0.29) is 5.97 Å². The average Bonchev–Trinajstić information content (AvgIpc) is 2.01. The van der Waals surface area contributed by atoms with Crippen LogP contribution >= 0.6 is 11.6 Å². The lowest BCUT2D eigenvalue weighted by atomic mass is 10.1. The van der Waals surface area contributed by atoms with Crippen LogP contribution in [0.15, 0.2) is 0 Å². The molecule has 1 atom stereocenters. The molecule has 0 aromatic heterocycles. The van der Waals surface area contributed by atoms with Crippen LogP contribution in [-0.2, 0) is 9.53 Å². The van der Waals surface area contributed by atoms with Crippen LogP contribution in [0.2, 0.25) is 0 Å². The molecule has 0 aliphatic rings. The molecule has 2 nitrogen and oxygen atoms in total. The first kappa shape index (κ1) is 10.8. The topological polar surface area (TPSA) is 26.3 Å². The van der Waals surface area contributed by atoms with E-state index < -0.39 is 0 Å². The minimum Gasteiger partial charge on any atom is -0.466 e. The first-order valence-electron chi connectivity index (χ1n) is 3.92. The van der Waals surface area contributed by atoms with E-state index in [0.717, 1.165) is 6.42 Å². The number of carbonyl (C=O) groups is 1. The zero-order valence-electron chi connectivity index (χ0n) is 7.10. The van der Waals surface area contributed by atoms with Gasteiger partial charge >= 0.3 is 5.97 Å². The van der Waals surface area contributed by atoms with Crippen molar-refractivity contribution < 1.29 is 9.53 Å². The van der Waals surface area contributed by atoms with Crippen molar-refractivity contribution in [2.45, 2.75) is 26.7 Å². The summed E-state index contributed by atoms with van der Waals surface area (Å²) >= 11 is 5.56. The molecule has 0 aromatic rings. The second-order valence-electron chi connectivity index (χ2n) is 2.60. The molecule has 0 rings (SSSR count). The molecule has 0 fully saturated rings. The Morgan fingerprint density at radius 1 is 1.64 bits per heavy atom. The van der Waals surface area contributed by atoms with Gasteiger partial charge in [-0.25, -0.2) is 0 Å². The normalized spacial score (nSPS) is 12.6. The first-order chi connectivity index (χ1) is 5.20. The van der Waals surface area contributed by atoms with Crippen LogP contribution < -0.4 is 0 Å². The molecule has 0 bridgehead atoms. The Labute approximate surface area is 72.9 Å². The zero-order valence-corrected chi connectivity index (χ0v) is 7.86. The van der Waals surface area contributed by atoms with Gasteiger partial charge in [0.2, 0.25) is 0 Å². The molecule has 0 aliphatic heterocycles. The van der Waals surface area contributed by atoms with Crippen molar-refractivity contribution in [3.05, 3.63) is 0 Å². The van der Waals surface area contributed by atoms with E-state index in [4.69, 9.17) is 16.3 Å². The van der Waals surface area contributed by atoms with Gasteiger partial charge in [-0.1, -0.05) is 6.92 Å². The minimum absolute atomic E-state index is 0.121. The third kappa shape index (κ3) is 6.17. The molecule has 0 heterocycles. The summed E-state index contributed by atoms with van der Waals surface area (Å²) in [7, 11) is 0. The molecule has 0 saturated heterocycles. The average molecular weight is 179 g/mol. The fraction of sp³-hybridized carbons (Fsp3) is 0.875. The Bertz CT molecular complexity index is 115. The van der Waals surface area contributed by atoms with Crippen molar-refractivity contribution in [2.24, 2.45) is 5.92 Å². The number of alkyl halides is 1. The maximum absolute atomic E-state index is 10.8. The maximum atomic E-state index is 10.8. The highest BCUT2D eigenvalue weighted by Gasteiger charge is 2.05. The molecule has 0 amide bonds. The Morgan fingerprint density at radius 2 is 2.27 bits per heavy atom. The highest BCUT2D eigenvalue weighted by molar-refractivity contribution is 6.18. The number of ether oxygens (including phenoxy) is 1. The quantitative estimate of drug-likeness (QED) is 0.477. The lowest BCUT2D eigenvalue weighted by molar-refractivity contribution is -0.143. The molecule has 0 spiro atoms. The van der Waals surface area contributed by atoms with Gasteiger partial charge in [0.05, 0.1) is 6.61 Å². The van der Waals surface area contributed by atoms with Crippen molar-refractivity contribution >= 4 is 17.6 Å². The van der Waals surface area contributed by atoms with Gasteiger partial charge in [0, 0.05) is 12.3 Å². The third-order valence-corrected chi connectivity index (χ3v) is 1.94. The SMILES string of the molecule is CCOC(=O)CCC(C)CCl. The molecular weight excluding hydrogens is 164 g/mol. The molecule has 1 unspecified atom stereocenters. The summed E-state index contributed by atoms with van der Waals surface area (Å²) in [6.07, 6.45) is 1.31. The van der Waals surface area contributed by atoms with Gasteiger partial charge in [0.25, 0.3) is 0 Å². The smallest absolute Gasteiger partial charge is 0.305 e. The molecule has 0 aromatic carbocycles. The molecule has 66 valence electrons. The Kier molecular flexibility index (Phi) is 6.33. The highest BCUT2D eigenvalue weighted by Crippen LogP contribution is 2.07. The molecule has 0 radical (unpaired) electrons. The number of hydrogen-bond donors (Lipinski definition) is 0. The van der Waals surface area contributed by atoms with E-state index in [1.807, 2.05) is 13.8 Å². The van der Waals surface area contributed by atoms with Crippen LogP contribution in [0.5, 0.6) is 0 Å². The predicted octanol–water partition coefficient (Wildman–Crippen LogP) is 2.20. The van der Waals surface area contributed by atoms with Gasteiger partial charge < -0.3 is 4.74 Å². The second kappa shape index (κ2) is 6.47. The van der Waals surface area contributed by atoms with Crippen LogP contribution in [0.3, 0.4) is 0 Å². The fourth-order valence-corrected chi connectivity index (χ4v) is 0.829. The van der Waals surface area contributed by atoms with Gasteiger partial charge in [0.15, 0.2) is 0 Å². The number of esters is 1. The zero-order chi connectivity index (χ0) is 8.69. The van der Waals surface area contributed by atoms with Crippen LogP contribution in [0.4, 0.5) is 0 Å². The summed E-state index contributed by atoms with van der Waals surface area (Å²) in [5.41, 5.74) is 0. The van der Waals surface area contributed by atoms with Crippen molar-refractivity contribution in [3.63, 3.8) is 0 Å². The summed E-state index contributed by atoms with van der Waals surface area (Å²) in [4.78, 5) is 10.8. The van der Waals surface area contributed by atoms with Gasteiger partial charge in [-0.2, -0.15) is 0 Å². The van der Waals surface area contributed by atoms with Crippen LogP contribution in [-0.4, -0.2) is 18.5 Å². The Hall–Kier alpha value is -0.240.